The maximum Gasteiger partial charge on any atom is 0.270 e. The number of H-pyrrole nitrogens is 1. The first-order valence-corrected chi connectivity index (χ1v) is 10.4. The number of hydrogen-bond donors (Lipinski definition) is 1. The number of likely N-dealkylation sites (tertiary alicyclic amines) is 2. The lowest BCUT2D eigenvalue weighted by Gasteiger charge is -2.58. The van der Waals surface area contributed by atoms with Gasteiger partial charge < -0.3 is 14.6 Å². The number of piperidine rings is 1. The summed E-state index contributed by atoms with van der Waals surface area (Å²) in [5, 5.41) is 1.05. The molecule has 2 fully saturated rings. The molecule has 1 spiro atoms. The number of ether oxygens (including phenoxy) is 1. The van der Waals surface area contributed by atoms with Crippen molar-refractivity contribution in [3.05, 3.63) is 60.2 Å². The van der Waals surface area contributed by atoms with Crippen LogP contribution in [0.1, 0.15) is 23.3 Å². The van der Waals surface area contributed by atoms with Crippen molar-refractivity contribution in [2.75, 3.05) is 33.3 Å². The first-order chi connectivity index (χ1) is 14.5. The monoisotopic (exact) mass is 408 g/mol. The van der Waals surface area contributed by atoms with Crippen LogP contribution in [0.4, 0.5) is 4.39 Å². The highest BCUT2D eigenvalue weighted by molar-refractivity contribution is 5.98. The van der Waals surface area contributed by atoms with Crippen LogP contribution in [0.15, 0.2) is 48.7 Å². The van der Waals surface area contributed by atoms with Crippen LogP contribution < -0.4 is 4.74 Å². The fraction of sp³-hybridized carbons (Fsp3) is 0.391. The fourth-order valence-corrected chi connectivity index (χ4v) is 4.76. The van der Waals surface area contributed by atoms with E-state index in [0.29, 0.717) is 31.3 Å². The number of para-hydroxylation sites is 1. The Morgan fingerprint density at radius 3 is 2.93 bits per heavy atom. The zero-order valence-corrected chi connectivity index (χ0v) is 17.0. The summed E-state index contributed by atoms with van der Waals surface area (Å²) in [4.78, 5) is 24.4. The molecule has 30 heavy (non-hydrogen) atoms. The molecule has 1 amide bonds. The van der Waals surface area contributed by atoms with E-state index in [1.54, 1.807) is 6.07 Å². The number of aromatic amines is 1. The van der Waals surface area contributed by atoms with Gasteiger partial charge in [-0.05, 0) is 56.6 Å². The van der Waals surface area contributed by atoms with Crippen LogP contribution in [-0.4, -0.2) is 64.5 Å². The largest absolute Gasteiger partial charge is 0.475 e. The average molecular weight is 408 g/mol. The second-order valence-corrected chi connectivity index (χ2v) is 8.54. The Labute approximate surface area is 174 Å². The minimum atomic E-state index is -0.432. The summed E-state index contributed by atoms with van der Waals surface area (Å²) in [5.41, 5.74) is 1.58. The zero-order chi connectivity index (χ0) is 20.7. The van der Waals surface area contributed by atoms with Crippen LogP contribution in [0, 0.1) is 11.7 Å². The highest BCUT2D eigenvalue weighted by Crippen LogP contribution is 2.39. The molecule has 0 unspecified atom stereocenters. The molecule has 1 N–H and O–H groups in total. The van der Waals surface area contributed by atoms with Gasteiger partial charge >= 0.3 is 0 Å². The smallest absolute Gasteiger partial charge is 0.270 e. The Morgan fingerprint density at radius 1 is 1.30 bits per heavy atom. The minimum absolute atomic E-state index is 0.0311. The molecule has 156 valence electrons. The quantitative estimate of drug-likeness (QED) is 0.720. The third kappa shape index (κ3) is 3.33. The molecule has 0 aliphatic carbocycles. The predicted octanol–water partition coefficient (Wildman–Crippen LogP) is 3.32. The molecule has 4 heterocycles. The van der Waals surface area contributed by atoms with Crippen LogP contribution in [0.2, 0.25) is 0 Å². The van der Waals surface area contributed by atoms with Crippen LogP contribution in [-0.2, 0) is 0 Å². The van der Waals surface area contributed by atoms with Crippen molar-refractivity contribution in [3.8, 4) is 5.88 Å². The van der Waals surface area contributed by atoms with Crippen molar-refractivity contribution >= 4 is 16.8 Å². The molecule has 1 atom stereocenters. The molecule has 1 aromatic carbocycles. The van der Waals surface area contributed by atoms with Gasteiger partial charge in [0.2, 0.25) is 5.88 Å². The molecule has 6 nitrogen and oxygen atoms in total. The number of benzene rings is 1. The Balaban J connectivity index is 1.23. The molecule has 7 heteroatoms. The lowest BCUT2D eigenvalue weighted by Crippen LogP contribution is -2.72. The Hall–Kier alpha value is -2.93. The fourth-order valence-electron chi connectivity index (χ4n) is 4.76. The van der Waals surface area contributed by atoms with E-state index in [1.807, 2.05) is 35.2 Å². The lowest BCUT2D eigenvalue weighted by molar-refractivity contribution is -0.0698. The second kappa shape index (κ2) is 7.40. The summed E-state index contributed by atoms with van der Waals surface area (Å²) in [6.07, 6.45) is 3.45. The summed E-state index contributed by atoms with van der Waals surface area (Å²) < 4.78 is 19.4. The summed E-state index contributed by atoms with van der Waals surface area (Å²) in [6, 6.07) is 12.8. The number of aromatic nitrogens is 2. The zero-order valence-electron chi connectivity index (χ0n) is 17.0. The molecule has 2 aromatic heterocycles. The van der Waals surface area contributed by atoms with Gasteiger partial charge in [0.25, 0.3) is 5.91 Å². The van der Waals surface area contributed by atoms with Crippen molar-refractivity contribution in [2.24, 2.45) is 5.92 Å². The summed E-state index contributed by atoms with van der Waals surface area (Å²) in [5.74, 6) is -0.0133. The van der Waals surface area contributed by atoms with E-state index in [4.69, 9.17) is 4.74 Å². The van der Waals surface area contributed by atoms with Gasteiger partial charge in [-0.25, -0.2) is 9.37 Å². The van der Waals surface area contributed by atoms with Gasteiger partial charge in [0.1, 0.15) is 5.69 Å². The van der Waals surface area contributed by atoms with Crippen LogP contribution in [0.25, 0.3) is 10.9 Å². The first-order valence-electron chi connectivity index (χ1n) is 10.4. The molecule has 0 radical (unpaired) electrons. The van der Waals surface area contributed by atoms with E-state index in [9.17, 15) is 9.18 Å². The van der Waals surface area contributed by atoms with E-state index in [-0.39, 0.29) is 17.3 Å². The number of carbonyl (C=O) groups excluding carboxylic acids is 1. The molecular formula is C23H25FN4O2. The number of fused-ring (bicyclic) bond motifs is 1. The normalized spacial score (nSPS) is 21.0. The maximum atomic E-state index is 13.8. The van der Waals surface area contributed by atoms with Crippen LogP contribution in [0.5, 0.6) is 5.88 Å². The number of likely N-dealkylation sites (N-methyl/N-ethyl adjacent to an activating group) is 1. The van der Waals surface area contributed by atoms with E-state index < -0.39 is 5.82 Å². The van der Waals surface area contributed by atoms with Gasteiger partial charge in [-0.3, -0.25) is 9.69 Å². The topological polar surface area (TPSA) is 61.5 Å². The number of nitrogens with zero attached hydrogens (tertiary/aromatic N) is 3. The second-order valence-electron chi connectivity index (χ2n) is 8.54. The van der Waals surface area contributed by atoms with Crippen LogP contribution >= 0.6 is 0 Å². The van der Waals surface area contributed by atoms with E-state index in [0.717, 1.165) is 30.3 Å². The van der Waals surface area contributed by atoms with Gasteiger partial charge in [-0.15, -0.1) is 0 Å². The van der Waals surface area contributed by atoms with E-state index in [2.05, 4.69) is 21.9 Å². The molecular weight excluding hydrogens is 383 g/mol. The number of nitrogens with one attached hydrogen (secondary N) is 1. The highest BCUT2D eigenvalue weighted by atomic mass is 19.1. The van der Waals surface area contributed by atoms with Gasteiger partial charge in [0.15, 0.2) is 5.82 Å². The van der Waals surface area contributed by atoms with Crippen LogP contribution in [0.3, 0.4) is 0 Å². The van der Waals surface area contributed by atoms with E-state index >= 15 is 0 Å². The number of amides is 1. The van der Waals surface area contributed by atoms with Crippen molar-refractivity contribution in [3.63, 3.8) is 0 Å². The molecule has 2 aliphatic rings. The summed E-state index contributed by atoms with van der Waals surface area (Å²) in [6.45, 7) is 2.78. The predicted molar refractivity (Wildman–Crippen MR) is 112 cm³/mol. The lowest BCUT2D eigenvalue weighted by atomic mass is 9.75. The molecule has 0 bridgehead atoms. The Kier molecular flexibility index (Phi) is 4.70. The maximum absolute atomic E-state index is 13.8. The molecule has 2 saturated heterocycles. The van der Waals surface area contributed by atoms with Crippen molar-refractivity contribution in [1.82, 2.24) is 19.8 Å². The molecule has 5 rings (SSSR count). The third-order valence-electron chi connectivity index (χ3n) is 6.55. The van der Waals surface area contributed by atoms with Gasteiger partial charge in [-0.2, -0.15) is 0 Å². The molecule has 3 aromatic rings. The summed E-state index contributed by atoms with van der Waals surface area (Å²) >= 11 is 0. The number of rotatable bonds is 4. The first kappa shape index (κ1) is 19.1. The highest BCUT2D eigenvalue weighted by Gasteiger charge is 2.51. The number of pyridine rings is 1. The number of halogens is 1. The van der Waals surface area contributed by atoms with Gasteiger partial charge in [-0.1, -0.05) is 18.2 Å². The van der Waals surface area contributed by atoms with Crippen molar-refractivity contribution in [1.29, 1.82) is 0 Å². The summed E-state index contributed by atoms with van der Waals surface area (Å²) in [7, 11) is 2.13. The van der Waals surface area contributed by atoms with Gasteiger partial charge in [0, 0.05) is 30.2 Å². The van der Waals surface area contributed by atoms with Crippen molar-refractivity contribution < 1.29 is 13.9 Å². The number of hydrogen-bond acceptors (Lipinski definition) is 4. The number of carbonyl (C=O) groups is 1. The third-order valence-corrected chi connectivity index (χ3v) is 6.55. The average Bonchev–Trinajstić information content (AvgIpc) is 3.16. The molecule has 0 saturated carbocycles. The van der Waals surface area contributed by atoms with Gasteiger partial charge in [0.05, 0.1) is 12.1 Å². The van der Waals surface area contributed by atoms with Crippen molar-refractivity contribution in [2.45, 2.75) is 18.4 Å². The Bertz CT molecular complexity index is 1040. The SMILES string of the molecule is CN1CC[C@H](COc2ncccc2F)CC12CN(C(=O)c1cc3ccccc3[nH]1)C2. The minimum Gasteiger partial charge on any atom is -0.475 e. The Morgan fingerprint density at radius 2 is 2.13 bits per heavy atom. The standard InChI is InChI=1S/C23H25FN4O2/c1-27-10-8-16(13-30-21-18(24)6-4-9-25-21)12-23(27)14-28(15-23)22(29)20-11-17-5-2-3-7-19(17)26-20/h2-7,9,11,16,26H,8,10,12-15H2,1H3/t16-/m0/s1. The molecule has 2 aliphatic heterocycles. The van der Waals surface area contributed by atoms with E-state index in [1.165, 1.54) is 12.3 Å².